The summed E-state index contributed by atoms with van der Waals surface area (Å²) in [6.45, 7) is 4.25. The maximum absolute atomic E-state index is 2.12. The van der Waals surface area contributed by atoms with Crippen molar-refractivity contribution in [3.8, 4) is 0 Å². The number of hydrogen-bond acceptors (Lipinski definition) is 3. The maximum atomic E-state index is 2.12. The van der Waals surface area contributed by atoms with E-state index in [1.165, 1.54) is 6.42 Å². The monoisotopic (exact) mass is 95.1 g/mol. The summed E-state index contributed by atoms with van der Waals surface area (Å²) in [6.07, 6.45) is 1.25. The molecule has 3 N–H and O–H groups in total. The van der Waals surface area contributed by atoms with Gasteiger partial charge in [0.05, 0.1) is 0 Å². The molecule has 0 rings (SSSR count). The zero-order valence-corrected chi connectivity index (χ0v) is 4.05. The molecule has 3 nitrogen and oxygen atoms in total. The lowest BCUT2D eigenvalue weighted by atomic mass is 10.6. The highest BCUT2D eigenvalue weighted by atomic mass is 16.0. The normalized spacial score (nSPS) is 3.00. The third kappa shape index (κ3) is 2230. The molecule has 0 atom stereocenters. The lowest BCUT2D eigenvalue weighted by Gasteiger charge is -1.48. The highest BCUT2D eigenvalue weighted by Crippen LogP contribution is 1.56. The van der Waals surface area contributed by atoms with E-state index in [0.717, 1.165) is 0 Å². The number of rotatable bonds is 0. The minimum Gasteiger partial charge on any atom is -0.870 e. The smallest absolute Gasteiger partial charge is 0.0590 e. The molecule has 0 spiro atoms. The van der Waals surface area contributed by atoms with Gasteiger partial charge in [-0.1, -0.05) is 20.3 Å². The molecule has 0 fully saturated rings. The Kier molecular flexibility index (Phi) is 626. The Hall–Kier alpha value is -0.120. The van der Waals surface area contributed by atoms with Gasteiger partial charge < -0.3 is 16.4 Å². The van der Waals surface area contributed by atoms with Gasteiger partial charge in [0, 0.05) is 0 Å². The minimum atomic E-state index is 0. The summed E-state index contributed by atoms with van der Waals surface area (Å²) < 4.78 is 0. The summed E-state index contributed by atoms with van der Waals surface area (Å²) in [5.74, 6) is 0. The van der Waals surface area contributed by atoms with Gasteiger partial charge in [0.15, 0.2) is 0 Å². The van der Waals surface area contributed by atoms with Crippen LogP contribution in [0.5, 0.6) is 0 Å². The molecular formula is C3H11O3-3. The molecule has 0 radical (unpaired) electrons. The Labute approximate surface area is 37.9 Å². The fourth-order valence-electron chi connectivity index (χ4n) is 0. The summed E-state index contributed by atoms with van der Waals surface area (Å²) in [5, 5.41) is 0. The number of hydrogen-bond donors (Lipinski definition) is 0. The van der Waals surface area contributed by atoms with Gasteiger partial charge in [-0.25, -0.2) is 0 Å². The van der Waals surface area contributed by atoms with Crippen LogP contribution in [-0.4, -0.2) is 16.4 Å². The molecule has 0 aromatic carbocycles. The summed E-state index contributed by atoms with van der Waals surface area (Å²) in [6, 6.07) is 0. The van der Waals surface area contributed by atoms with Crippen molar-refractivity contribution in [3.63, 3.8) is 0 Å². The fraction of sp³-hybridized carbons (Fsp3) is 1.00. The van der Waals surface area contributed by atoms with E-state index in [1.807, 2.05) is 0 Å². The van der Waals surface area contributed by atoms with Crippen LogP contribution in [0.15, 0.2) is 0 Å². The van der Waals surface area contributed by atoms with Gasteiger partial charge in [-0.05, 0) is 0 Å². The second-order valence-electron chi connectivity index (χ2n) is 0.707. The first kappa shape index (κ1) is 39.6. The molecule has 6 heavy (non-hydrogen) atoms. The quantitative estimate of drug-likeness (QED) is 0.447. The SMILES string of the molecule is CCC.[OH-].[OH-].[OH-]. The van der Waals surface area contributed by atoms with E-state index >= 15 is 0 Å². The second kappa shape index (κ2) is 94.9. The Balaban J connectivity index is -0.00000000667. The van der Waals surface area contributed by atoms with Gasteiger partial charge in [-0.2, -0.15) is 0 Å². The Morgan fingerprint density at radius 1 is 0.833 bits per heavy atom. The van der Waals surface area contributed by atoms with Gasteiger partial charge in [-0.15, -0.1) is 0 Å². The van der Waals surface area contributed by atoms with Crippen molar-refractivity contribution in [1.29, 1.82) is 0 Å². The molecule has 44 valence electrons. The first-order chi connectivity index (χ1) is 1.41. The highest BCUT2D eigenvalue weighted by Gasteiger charge is 1.35. The molecule has 0 amide bonds. The molecular weight excluding hydrogens is 84.0 g/mol. The fourth-order valence-corrected chi connectivity index (χ4v) is 0. The van der Waals surface area contributed by atoms with Crippen LogP contribution in [0.2, 0.25) is 0 Å². The summed E-state index contributed by atoms with van der Waals surface area (Å²) in [4.78, 5) is 0. The highest BCUT2D eigenvalue weighted by molar-refractivity contribution is 3.92. The molecule has 0 saturated carbocycles. The Morgan fingerprint density at radius 3 is 0.833 bits per heavy atom. The molecule has 0 aromatic heterocycles. The van der Waals surface area contributed by atoms with E-state index in [-0.39, 0.29) is 16.4 Å². The predicted octanol–water partition coefficient (Wildman–Crippen LogP) is 0.886. The molecule has 0 aliphatic rings. The molecule has 0 unspecified atom stereocenters. The largest absolute Gasteiger partial charge is 0.870 e. The van der Waals surface area contributed by atoms with Crippen molar-refractivity contribution in [1.82, 2.24) is 0 Å². The van der Waals surface area contributed by atoms with E-state index in [1.54, 1.807) is 0 Å². The van der Waals surface area contributed by atoms with Crippen molar-refractivity contribution in [2.75, 3.05) is 0 Å². The molecule has 0 aromatic rings. The Bertz CT molecular complexity index is 6.00. The van der Waals surface area contributed by atoms with E-state index < -0.39 is 0 Å². The van der Waals surface area contributed by atoms with Gasteiger partial charge in [0.2, 0.25) is 0 Å². The van der Waals surface area contributed by atoms with Crippen molar-refractivity contribution in [3.05, 3.63) is 0 Å². The third-order valence-electron chi connectivity index (χ3n) is 0. The van der Waals surface area contributed by atoms with Gasteiger partial charge in [-0.3, -0.25) is 0 Å². The molecule has 0 aliphatic carbocycles. The Morgan fingerprint density at radius 2 is 0.833 bits per heavy atom. The first-order valence-corrected chi connectivity index (χ1v) is 1.41. The van der Waals surface area contributed by atoms with Gasteiger partial charge >= 0.3 is 0 Å². The summed E-state index contributed by atoms with van der Waals surface area (Å²) >= 11 is 0. The molecule has 3 heteroatoms. The average Bonchev–Trinajstić information content (AvgIpc) is 0.918. The van der Waals surface area contributed by atoms with Crippen molar-refractivity contribution in [2.45, 2.75) is 20.3 Å². The van der Waals surface area contributed by atoms with Crippen LogP contribution >= 0.6 is 0 Å². The zero-order chi connectivity index (χ0) is 2.71. The maximum Gasteiger partial charge on any atom is -0.0590 e. The molecule has 0 heterocycles. The van der Waals surface area contributed by atoms with Crippen LogP contribution in [0.4, 0.5) is 0 Å². The van der Waals surface area contributed by atoms with E-state index in [4.69, 9.17) is 0 Å². The molecule has 0 saturated heterocycles. The van der Waals surface area contributed by atoms with E-state index in [2.05, 4.69) is 13.8 Å². The third-order valence-corrected chi connectivity index (χ3v) is 0. The van der Waals surface area contributed by atoms with Crippen molar-refractivity contribution >= 4 is 0 Å². The average molecular weight is 95.1 g/mol. The van der Waals surface area contributed by atoms with Gasteiger partial charge in [0.25, 0.3) is 0 Å². The van der Waals surface area contributed by atoms with Crippen LogP contribution in [0.25, 0.3) is 0 Å². The lowest BCUT2D eigenvalue weighted by Crippen LogP contribution is -1.27. The zero-order valence-electron chi connectivity index (χ0n) is 4.05. The predicted molar refractivity (Wildman–Crippen MR) is 21.8 cm³/mol. The standard InChI is InChI=1S/C3H8.3H2O/c1-3-2;;;/h3H2,1-2H3;3*1H2/p-3. The minimum absolute atomic E-state index is 0. The summed E-state index contributed by atoms with van der Waals surface area (Å²) in [7, 11) is 0. The second-order valence-corrected chi connectivity index (χ2v) is 0.707. The van der Waals surface area contributed by atoms with Crippen LogP contribution in [0, 0.1) is 0 Å². The van der Waals surface area contributed by atoms with Crippen LogP contribution in [0.3, 0.4) is 0 Å². The van der Waals surface area contributed by atoms with Crippen molar-refractivity contribution in [2.24, 2.45) is 0 Å². The molecule has 0 bridgehead atoms. The van der Waals surface area contributed by atoms with Crippen LogP contribution in [0.1, 0.15) is 20.3 Å². The lowest BCUT2D eigenvalue weighted by molar-refractivity contribution is 0.823. The first-order valence-electron chi connectivity index (χ1n) is 1.41. The van der Waals surface area contributed by atoms with E-state index in [0.29, 0.717) is 0 Å². The van der Waals surface area contributed by atoms with Crippen molar-refractivity contribution < 1.29 is 16.4 Å². The van der Waals surface area contributed by atoms with Crippen LogP contribution in [-0.2, 0) is 0 Å². The molecule has 0 aliphatic heterocycles. The summed E-state index contributed by atoms with van der Waals surface area (Å²) in [5.41, 5.74) is 0. The topological polar surface area (TPSA) is 90.0 Å². The van der Waals surface area contributed by atoms with Gasteiger partial charge in [0.1, 0.15) is 0 Å². The van der Waals surface area contributed by atoms with E-state index in [9.17, 15) is 0 Å². The van der Waals surface area contributed by atoms with Crippen LogP contribution < -0.4 is 0 Å².